The van der Waals surface area contributed by atoms with Crippen LogP contribution >= 0.6 is 11.8 Å². The smallest absolute Gasteiger partial charge is 0.227 e. The van der Waals surface area contributed by atoms with Crippen LogP contribution in [-0.4, -0.2) is 46.1 Å². The first-order chi connectivity index (χ1) is 11.3. The molecule has 2 aliphatic heterocycles. The van der Waals surface area contributed by atoms with Gasteiger partial charge in [0.2, 0.25) is 5.91 Å². The first-order valence-corrected chi connectivity index (χ1v) is 10.3. The summed E-state index contributed by atoms with van der Waals surface area (Å²) < 4.78 is 0.0803. The van der Waals surface area contributed by atoms with Crippen LogP contribution < -0.4 is 33.2 Å². The maximum Gasteiger partial charge on any atom is 0.227 e. The number of nitrogens with zero attached hydrogens (tertiary/aromatic N) is 1. The van der Waals surface area contributed by atoms with Gasteiger partial charge in [0, 0.05) is 43.9 Å². The molecule has 1 fully saturated rings. The number of thioether (sulfide) groups is 1. The zero-order valence-corrected chi connectivity index (χ0v) is 17.8. The van der Waals surface area contributed by atoms with Crippen LogP contribution in [0.1, 0.15) is 39.5 Å². The Bertz CT molecular complexity index is 550. The van der Waals surface area contributed by atoms with E-state index in [-0.39, 0.29) is 15.2 Å². The highest BCUT2D eigenvalue weighted by Crippen LogP contribution is 2.40. The number of allylic oxidation sites excluding steroid dienone is 2. The quantitative estimate of drug-likeness (QED) is 0.355. The third-order valence-corrected chi connectivity index (χ3v) is 7.46. The van der Waals surface area contributed by atoms with Crippen LogP contribution in [0.2, 0.25) is 0 Å². The number of halogens is 1. The molecule has 7 heteroatoms. The third-order valence-electron chi connectivity index (χ3n) is 4.87. The lowest BCUT2D eigenvalue weighted by atomic mass is 9.84. The van der Waals surface area contributed by atoms with E-state index in [0.29, 0.717) is 6.42 Å². The van der Waals surface area contributed by atoms with Crippen LogP contribution in [0.3, 0.4) is 0 Å². The molecule has 2 aliphatic rings. The van der Waals surface area contributed by atoms with E-state index < -0.39 is 6.10 Å². The summed E-state index contributed by atoms with van der Waals surface area (Å²) in [5.74, 6) is 0.173. The fourth-order valence-corrected chi connectivity index (χ4v) is 5.96. The van der Waals surface area contributed by atoms with Crippen molar-refractivity contribution in [3.63, 3.8) is 0 Å². The molecule has 3 N–H and O–H groups in total. The molecular formula is C17H28IN3O2S-. The summed E-state index contributed by atoms with van der Waals surface area (Å²) in [5, 5.41) is 17.4. The second-order valence-electron chi connectivity index (χ2n) is 6.69. The zero-order chi connectivity index (χ0) is 17.9. The Balaban J connectivity index is 2.37. The van der Waals surface area contributed by atoms with Crippen molar-refractivity contribution in [3.8, 4) is 0 Å². The Morgan fingerprint density at radius 3 is 2.83 bits per heavy atom. The molecule has 24 heavy (non-hydrogen) atoms. The minimum absolute atomic E-state index is 0.0333. The number of fused-ring (bicyclic) bond motifs is 3. The molecule has 1 saturated heterocycles. The van der Waals surface area contributed by atoms with Crippen molar-refractivity contribution in [2.45, 2.75) is 49.1 Å². The van der Waals surface area contributed by atoms with Gasteiger partial charge in [0.15, 0.2) is 0 Å². The largest absolute Gasteiger partial charge is 0.789 e. The maximum absolute atomic E-state index is 12.8. The number of carbonyl (C=O) groups excluding carboxylic acids is 1. The Labute approximate surface area is 162 Å². The van der Waals surface area contributed by atoms with Gasteiger partial charge in [0.1, 0.15) is 0 Å². The second-order valence-corrected chi connectivity index (χ2v) is 10.1. The van der Waals surface area contributed by atoms with E-state index in [4.69, 9.17) is 0 Å². The minimum Gasteiger partial charge on any atom is -0.789 e. The normalized spacial score (nSPS) is 29.9. The van der Waals surface area contributed by atoms with E-state index >= 15 is 0 Å². The van der Waals surface area contributed by atoms with Crippen LogP contribution in [0.25, 0.3) is 0 Å². The second kappa shape index (κ2) is 8.31. The van der Waals surface area contributed by atoms with E-state index in [1.807, 2.05) is 32.1 Å². The van der Waals surface area contributed by atoms with Gasteiger partial charge in [-0.2, -0.15) is 0 Å². The van der Waals surface area contributed by atoms with Crippen LogP contribution in [0.15, 0.2) is 21.8 Å². The Morgan fingerprint density at radius 1 is 1.54 bits per heavy atom. The minimum atomic E-state index is -0.449. The molecule has 2 heterocycles. The van der Waals surface area contributed by atoms with Crippen LogP contribution in [0.4, 0.5) is 0 Å². The van der Waals surface area contributed by atoms with Crippen molar-refractivity contribution >= 4 is 17.7 Å². The summed E-state index contributed by atoms with van der Waals surface area (Å²) in [6.45, 7) is 4.64. The molecule has 3 atom stereocenters. The number of aliphatic hydroxyl groups is 1. The van der Waals surface area contributed by atoms with E-state index in [0.717, 1.165) is 36.5 Å². The lowest BCUT2D eigenvalue weighted by molar-refractivity contribution is -0.483. The standard InChI is InChI=1S/C17H28IN3O2S/c1-11-14(24-15(20-4)10-19-3)9-17(18)5-6-21(11)16(23)7-13(8-17)12(2)22/h10,12-13,19-20,22H,5-9H2,1-4H3/q-1/b15-10+. The highest BCUT2D eigenvalue weighted by Gasteiger charge is 2.36. The molecule has 0 saturated carbocycles. The molecule has 0 aromatic heterocycles. The van der Waals surface area contributed by atoms with Gasteiger partial charge in [-0.3, -0.25) is 4.79 Å². The van der Waals surface area contributed by atoms with Crippen LogP contribution in [0, 0.1) is 5.92 Å². The molecule has 0 aliphatic carbocycles. The maximum atomic E-state index is 12.8. The van der Waals surface area contributed by atoms with Crippen LogP contribution in [-0.2, 0) is 4.79 Å². The summed E-state index contributed by atoms with van der Waals surface area (Å²) in [5.41, 5.74) is 1.06. The summed E-state index contributed by atoms with van der Waals surface area (Å²) in [6, 6.07) is 0. The van der Waals surface area contributed by atoms with Gasteiger partial charge in [0.05, 0.1) is 11.1 Å². The number of carbonyl (C=O) groups is 1. The fraction of sp³-hybridized carbons (Fsp3) is 0.706. The average Bonchev–Trinajstić information content (AvgIpc) is 2.60. The third kappa shape index (κ3) is 4.60. The molecular weight excluding hydrogens is 437 g/mol. The van der Waals surface area contributed by atoms with Gasteiger partial charge in [-0.05, 0) is 26.2 Å². The van der Waals surface area contributed by atoms with Crippen molar-refractivity contribution in [2.24, 2.45) is 5.92 Å². The van der Waals surface area contributed by atoms with Crippen LogP contribution in [0.5, 0.6) is 0 Å². The molecule has 2 bridgehead atoms. The molecule has 5 nitrogen and oxygen atoms in total. The summed E-state index contributed by atoms with van der Waals surface area (Å²) in [4.78, 5) is 15.9. The van der Waals surface area contributed by atoms with Gasteiger partial charge in [-0.25, -0.2) is 0 Å². The van der Waals surface area contributed by atoms with Gasteiger partial charge in [0.25, 0.3) is 0 Å². The lowest BCUT2D eigenvalue weighted by Gasteiger charge is -2.45. The van der Waals surface area contributed by atoms with E-state index in [1.54, 1.807) is 11.8 Å². The summed E-state index contributed by atoms with van der Waals surface area (Å²) in [6.07, 6.45) is 4.70. The van der Waals surface area contributed by atoms with E-state index in [2.05, 4.69) is 40.1 Å². The lowest BCUT2D eigenvalue weighted by Crippen LogP contribution is -3.43. The predicted octanol–water partition coefficient (Wildman–Crippen LogP) is -1.11. The number of rotatable bonds is 5. The molecule has 1 radical (unpaired) electrons. The number of alkyl halides is 1. The molecule has 3 unspecified atom stereocenters. The number of hydrogen-bond donors (Lipinski definition) is 3. The first kappa shape index (κ1) is 19.9. The summed E-state index contributed by atoms with van der Waals surface area (Å²) >= 11 is 4.26. The Morgan fingerprint density at radius 2 is 2.25 bits per heavy atom. The van der Waals surface area contributed by atoms with Crippen molar-refractivity contribution < 1.29 is 32.5 Å². The van der Waals surface area contributed by atoms with E-state index in [1.165, 1.54) is 4.91 Å². The molecule has 0 aromatic carbocycles. The highest BCUT2D eigenvalue weighted by atomic mass is 127. The van der Waals surface area contributed by atoms with Gasteiger partial charge < -0.3 is 43.2 Å². The first-order valence-electron chi connectivity index (χ1n) is 8.40. The predicted molar refractivity (Wildman–Crippen MR) is 94.6 cm³/mol. The molecule has 1 amide bonds. The van der Waals surface area contributed by atoms with Crippen molar-refractivity contribution in [3.05, 3.63) is 21.8 Å². The van der Waals surface area contributed by atoms with Crippen molar-refractivity contribution in [2.75, 3.05) is 20.6 Å². The Kier molecular flexibility index (Phi) is 6.90. The van der Waals surface area contributed by atoms with Crippen molar-refractivity contribution in [1.29, 1.82) is 0 Å². The monoisotopic (exact) mass is 465 g/mol. The molecule has 2 rings (SSSR count). The molecule has 0 spiro atoms. The highest BCUT2D eigenvalue weighted by molar-refractivity contribution is 8.06. The van der Waals surface area contributed by atoms with Crippen molar-refractivity contribution in [1.82, 2.24) is 15.5 Å². The van der Waals surface area contributed by atoms with E-state index in [9.17, 15) is 9.90 Å². The average molecular weight is 465 g/mol. The van der Waals surface area contributed by atoms with Gasteiger partial charge in [-0.15, -0.1) is 3.42 Å². The molecule has 137 valence electrons. The number of hydrogen-bond acceptors (Lipinski definition) is 5. The van der Waals surface area contributed by atoms with Gasteiger partial charge >= 0.3 is 0 Å². The topological polar surface area (TPSA) is 64.6 Å². The fourth-order valence-electron chi connectivity index (χ4n) is 3.36. The SMILES string of the molecule is CN/C=C(\NC)SC1=C(C)N2CCC([I-])(C1)CC(C(C)O)CC2=O. The number of aliphatic hydroxyl groups excluding tert-OH is 1. The zero-order valence-electron chi connectivity index (χ0n) is 14.9. The number of amides is 1. The van der Waals surface area contributed by atoms with Gasteiger partial charge in [-0.1, -0.05) is 24.6 Å². The molecule has 0 aromatic rings. The summed E-state index contributed by atoms with van der Waals surface area (Å²) in [7, 11) is 3.79. The number of nitrogens with one attached hydrogen (secondary N) is 2. The Hall–Kier alpha value is -0.410.